The van der Waals surface area contributed by atoms with Gasteiger partial charge in [-0.1, -0.05) is 49.4 Å². The number of esters is 1. The van der Waals surface area contributed by atoms with E-state index in [1.54, 1.807) is 12.1 Å². The van der Waals surface area contributed by atoms with Crippen molar-refractivity contribution in [3.8, 4) is 0 Å². The van der Waals surface area contributed by atoms with Crippen LogP contribution in [-0.2, 0) is 20.9 Å². The van der Waals surface area contributed by atoms with E-state index in [2.05, 4.69) is 5.32 Å². The van der Waals surface area contributed by atoms with E-state index in [1.165, 1.54) is 19.1 Å². The van der Waals surface area contributed by atoms with Crippen molar-refractivity contribution in [1.29, 1.82) is 0 Å². The minimum absolute atomic E-state index is 0.0168. The average Bonchev–Trinajstić information content (AvgIpc) is 2.61. The summed E-state index contributed by atoms with van der Waals surface area (Å²) in [5, 5.41) is 2.67. The van der Waals surface area contributed by atoms with Crippen LogP contribution in [-0.4, -0.2) is 18.0 Å². The molecule has 0 radical (unpaired) electrons. The van der Waals surface area contributed by atoms with Crippen molar-refractivity contribution in [2.24, 2.45) is 0 Å². The maximum atomic E-state index is 12.8. The summed E-state index contributed by atoms with van der Waals surface area (Å²) in [6.07, 6.45) is -0.671. The molecule has 0 fully saturated rings. The Morgan fingerprint density at radius 2 is 1.68 bits per heavy atom. The topological polar surface area (TPSA) is 55.4 Å². The third-order valence-corrected chi connectivity index (χ3v) is 3.90. The van der Waals surface area contributed by atoms with Crippen LogP contribution >= 0.6 is 0 Å². The minimum atomic E-state index is -0.879. The van der Waals surface area contributed by atoms with E-state index in [1.807, 2.05) is 37.3 Å². The summed E-state index contributed by atoms with van der Waals surface area (Å²) in [6.45, 7) is 3.72. The van der Waals surface area contributed by atoms with Gasteiger partial charge in [0.2, 0.25) is 0 Å². The van der Waals surface area contributed by atoms with Crippen molar-refractivity contribution in [2.45, 2.75) is 38.8 Å². The first-order valence-corrected chi connectivity index (χ1v) is 8.22. The van der Waals surface area contributed by atoms with Crippen molar-refractivity contribution >= 4 is 11.9 Å². The van der Waals surface area contributed by atoms with Gasteiger partial charge >= 0.3 is 5.97 Å². The lowest BCUT2D eigenvalue weighted by Gasteiger charge is -2.16. The number of halogens is 1. The Bertz CT molecular complexity index is 701. The van der Waals surface area contributed by atoms with E-state index in [0.717, 1.165) is 11.1 Å². The summed E-state index contributed by atoms with van der Waals surface area (Å²) < 4.78 is 18.0. The highest BCUT2D eigenvalue weighted by Crippen LogP contribution is 2.19. The maximum absolute atomic E-state index is 12.8. The van der Waals surface area contributed by atoms with Gasteiger partial charge < -0.3 is 10.1 Å². The number of benzene rings is 2. The molecule has 0 saturated heterocycles. The van der Waals surface area contributed by atoms with Crippen molar-refractivity contribution < 1.29 is 18.7 Å². The molecule has 5 heteroatoms. The summed E-state index contributed by atoms with van der Waals surface area (Å²) in [6, 6.07) is 15.5. The molecule has 132 valence electrons. The Morgan fingerprint density at radius 3 is 2.32 bits per heavy atom. The number of amides is 1. The molecule has 0 aliphatic rings. The van der Waals surface area contributed by atoms with Gasteiger partial charge in [-0.15, -0.1) is 0 Å². The summed E-state index contributed by atoms with van der Waals surface area (Å²) >= 11 is 0. The van der Waals surface area contributed by atoms with E-state index in [-0.39, 0.29) is 30.6 Å². The van der Waals surface area contributed by atoms with Crippen LogP contribution in [0, 0.1) is 5.82 Å². The highest BCUT2D eigenvalue weighted by Gasteiger charge is 2.19. The van der Waals surface area contributed by atoms with Crippen LogP contribution in [0.4, 0.5) is 4.39 Å². The molecular formula is C20H22FNO3. The van der Waals surface area contributed by atoms with Gasteiger partial charge in [0.05, 0.1) is 6.42 Å². The summed E-state index contributed by atoms with van der Waals surface area (Å²) in [4.78, 5) is 24.0. The smallest absolute Gasteiger partial charge is 0.307 e. The first-order valence-electron chi connectivity index (χ1n) is 8.22. The first-order chi connectivity index (χ1) is 12.0. The van der Waals surface area contributed by atoms with E-state index in [0.29, 0.717) is 0 Å². The molecule has 0 bridgehead atoms. The fourth-order valence-electron chi connectivity index (χ4n) is 2.38. The molecule has 2 atom stereocenters. The van der Waals surface area contributed by atoms with Crippen LogP contribution in [0.3, 0.4) is 0 Å². The Balaban J connectivity index is 1.77. The fraction of sp³-hybridized carbons (Fsp3) is 0.300. The third kappa shape index (κ3) is 6.03. The van der Waals surface area contributed by atoms with Crippen LogP contribution in [0.15, 0.2) is 54.6 Å². The zero-order chi connectivity index (χ0) is 18.2. The van der Waals surface area contributed by atoms with Crippen molar-refractivity contribution in [1.82, 2.24) is 5.32 Å². The van der Waals surface area contributed by atoms with E-state index >= 15 is 0 Å². The lowest BCUT2D eigenvalue weighted by molar-refractivity contribution is -0.155. The molecule has 0 aromatic heterocycles. The van der Waals surface area contributed by atoms with Gasteiger partial charge in [0.25, 0.3) is 5.91 Å². The van der Waals surface area contributed by atoms with Crippen LogP contribution in [0.2, 0.25) is 0 Å². The number of ether oxygens (including phenoxy) is 1. The standard InChI is InChI=1S/C20H22FNO3/c1-14(17-6-4-3-5-7-17)12-19(23)25-15(2)20(24)22-13-16-8-10-18(21)11-9-16/h3-11,14-15H,12-13H2,1-2H3,(H,22,24)/t14-,15-/m1/s1. The Labute approximate surface area is 147 Å². The fourth-order valence-corrected chi connectivity index (χ4v) is 2.38. The number of hydrogen-bond donors (Lipinski definition) is 1. The first kappa shape index (κ1) is 18.6. The number of carbonyl (C=O) groups excluding carboxylic acids is 2. The van der Waals surface area contributed by atoms with Crippen LogP contribution in [0.1, 0.15) is 37.3 Å². The van der Waals surface area contributed by atoms with Gasteiger partial charge in [0, 0.05) is 6.54 Å². The molecule has 0 spiro atoms. The van der Waals surface area contributed by atoms with Crippen molar-refractivity contribution in [3.63, 3.8) is 0 Å². The number of hydrogen-bond acceptors (Lipinski definition) is 3. The number of carbonyl (C=O) groups is 2. The second-order valence-electron chi connectivity index (χ2n) is 5.99. The monoisotopic (exact) mass is 343 g/mol. The lowest BCUT2D eigenvalue weighted by Crippen LogP contribution is -2.35. The molecule has 0 unspecified atom stereocenters. The summed E-state index contributed by atoms with van der Waals surface area (Å²) in [5.41, 5.74) is 1.82. The van der Waals surface area contributed by atoms with E-state index < -0.39 is 12.1 Å². The quantitative estimate of drug-likeness (QED) is 0.782. The molecule has 25 heavy (non-hydrogen) atoms. The molecule has 0 aliphatic heterocycles. The molecule has 0 heterocycles. The van der Waals surface area contributed by atoms with Crippen LogP contribution < -0.4 is 5.32 Å². The maximum Gasteiger partial charge on any atom is 0.307 e. The number of nitrogens with one attached hydrogen (secondary N) is 1. The highest BCUT2D eigenvalue weighted by atomic mass is 19.1. The van der Waals surface area contributed by atoms with Crippen molar-refractivity contribution in [3.05, 3.63) is 71.5 Å². The molecule has 2 aromatic rings. The largest absolute Gasteiger partial charge is 0.453 e. The molecule has 0 aliphatic carbocycles. The second kappa shape index (κ2) is 8.97. The SMILES string of the molecule is C[C@H](CC(=O)O[C@H](C)C(=O)NCc1ccc(F)cc1)c1ccccc1. The third-order valence-electron chi connectivity index (χ3n) is 3.90. The van der Waals surface area contributed by atoms with Crippen LogP contribution in [0.25, 0.3) is 0 Å². The lowest BCUT2D eigenvalue weighted by atomic mass is 9.98. The minimum Gasteiger partial charge on any atom is -0.453 e. The van der Waals surface area contributed by atoms with Gasteiger partial charge in [0.15, 0.2) is 6.10 Å². The molecule has 2 aromatic carbocycles. The second-order valence-corrected chi connectivity index (χ2v) is 5.99. The van der Waals surface area contributed by atoms with Crippen LogP contribution in [0.5, 0.6) is 0 Å². The van der Waals surface area contributed by atoms with E-state index in [9.17, 15) is 14.0 Å². The average molecular weight is 343 g/mol. The van der Waals surface area contributed by atoms with Gasteiger partial charge in [-0.05, 0) is 36.1 Å². The highest BCUT2D eigenvalue weighted by molar-refractivity contribution is 5.83. The van der Waals surface area contributed by atoms with E-state index in [4.69, 9.17) is 4.74 Å². The zero-order valence-corrected chi connectivity index (χ0v) is 14.4. The predicted octanol–water partition coefficient (Wildman–Crippen LogP) is 3.57. The van der Waals surface area contributed by atoms with Crippen molar-refractivity contribution in [2.75, 3.05) is 0 Å². The summed E-state index contributed by atoms with van der Waals surface area (Å²) in [5.74, 6) is -1.11. The van der Waals surface area contributed by atoms with Gasteiger partial charge in [-0.3, -0.25) is 9.59 Å². The van der Waals surface area contributed by atoms with Gasteiger partial charge in [0.1, 0.15) is 5.82 Å². The molecule has 2 rings (SSSR count). The molecular weight excluding hydrogens is 321 g/mol. The molecule has 0 saturated carbocycles. The normalized spacial score (nSPS) is 12.9. The Morgan fingerprint density at radius 1 is 1.04 bits per heavy atom. The Kier molecular flexibility index (Phi) is 6.69. The number of rotatable bonds is 7. The molecule has 4 nitrogen and oxygen atoms in total. The van der Waals surface area contributed by atoms with Gasteiger partial charge in [-0.2, -0.15) is 0 Å². The predicted molar refractivity (Wildman–Crippen MR) is 93.3 cm³/mol. The summed E-state index contributed by atoms with van der Waals surface area (Å²) in [7, 11) is 0. The zero-order valence-electron chi connectivity index (χ0n) is 14.4. The molecule has 1 amide bonds. The Hall–Kier alpha value is -2.69. The van der Waals surface area contributed by atoms with Gasteiger partial charge in [-0.25, -0.2) is 4.39 Å². The molecule has 1 N–H and O–H groups in total.